The third-order valence-corrected chi connectivity index (χ3v) is 4.38. The Balaban J connectivity index is 3.31. The first-order chi connectivity index (χ1) is 4.61. The number of halogens is 4. The Hall–Kier alpha value is 1.20. The summed E-state index contributed by atoms with van der Waals surface area (Å²) in [5.41, 5.74) is 0. The summed E-state index contributed by atoms with van der Waals surface area (Å²) in [7, 11) is 0. The summed E-state index contributed by atoms with van der Waals surface area (Å²) < 4.78 is 3.07. The zero-order valence-corrected chi connectivity index (χ0v) is 10.8. The highest BCUT2D eigenvalue weighted by Crippen LogP contribution is 2.30. The number of hydrogen-bond acceptors (Lipinski definition) is 0. The molecule has 0 saturated heterocycles. The molecule has 0 unspecified atom stereocenters. The molecule has 0 fully saturated rings. The van der Waals surface area contributed by atoms with Gasteiger partial charge >= 0.3 is 0 Å². The van der Waals surface area contributed by atoms with Crippen molar-refractivity contribution in [3.63, 3.8) is 0 Å². The second kappa shape index (κ2) is 3.74. The van der Waals surface area contributed by atoms with Crippen molar-refractivity contribution in [2.45, 2.75) is 0 Å². The fourth-order valence-electron chi connectivity index (χ4n) is 0.525. The molecule has 10 heavy (non-hydrogen) atoms. The van der Waals surface area contributed by atoms with Crippen LogP contribution >= 0.6 is 66.1 Å². The van der Waals surface area contributed by atoms with Crippen LogP contribution in [0, 0.1) is 3.57 Å². The largest absolute Gasteiger partial charge is 0.0830 e. The van der Waals surface area contributed by atoms with Crippen LogP contribution in [-0.2, 0) is 0 Å². The van der Waals surface area contributed by atoms with Gasteiger partial charge in [-0.2, -0.15) is 0 Å². The fourth-order valence-corrected chi connectivity index (χ4v) is 2.78. The van der Waals surface area contributed by atoms with Crippen molar-refractivity contribution < 1.29 is 0 Å². The van der Waals surface area contributed by atoms with E-state index in [1.54, 1.807) is 0 Å². The maximum absolute atomic E-state index is 5.84. The number of rotatable bonds is 0. The van der Waals surface area contributed by atoms with E-state index >= 15 is 0 Å². The Morgan fingerprint density at radius 2 is 1.90 bits per heavy atom. The molecule has 1 rings (SSSR count). The van der Waals surface area contributed by atoms with Gasteiger partial charge in [-0.3, -0.25) is 0 Å². The first-order valence-electron chi connectivity index (χ1n) is 2.41. The molecule has 0 aliphatic carbocycles. The van der Waals surface area contributed by atoms with E-state index in [0.29, 0.717) is 0 Å². The average Bonchev–Trinajstić information content (AvgIpc) is 1.82. The third kappa shape index (κ3) is 2.09. The molecule has 4 heteroatoms. The average molecular weight is 396 g/mol. The molecule has 0 atom stereocenters. The van der Waals surface area contributed by atoms with Gasteiger partial charge in [-0.05, 0) is 50.7 Å². The fraction of sp³-hybridized carbons (Fsp3) is 0. The first kappa shape index (κ1) is 9.29. The van der Waals surface area contributed by atoms with Crippen LogP contribution in [0.3, 0.4) is 0 Å². The zero-order valence-electron chi connectivity index (χ0n) is 4.67. The van der Waals surface area contributed by atoms with E-state index in [9.17, 15) is 0 Å². The van der Waals surface area contributed by atoms with Gasteiger partial charge in [-0.1, -0.05) is 27.5 Å². The van der Waals surface area contributed by atoms with Crippen LogP contribution in [0.2, 0.25) is 5.02 Å². The van der Waals surface area contributed by atoms with Crippen molar-refractivity contribution in [2.24, 2.45) is 0 Å². The Morgan fingerprint density at radius 1 is 1.30 bits per heavy atom. The Bertz CT molecular complexity index is 239. The van der Waals surface area contributed by atoms with Gasteiger partial charge in [0.05, 0.1) is 5.02 Å². The summed E-state index contributed by atoms with van der Waals surface area (Å²) in [5.74, 6) is 0. The molecule has 0 aliphatic heterocycles. The maximum atomic E-state index is 5.84. The van der Waals surface area contributed by atoms with Crippen molar-refractivity contribution >= 4 is 66.1 Å². The van der Waals surface area contributed by atoms with Gasteiger partial charge in [0.1, 0.15) is 0 Å². The molecule has 0 nitrogen and oxygen atoms in total. The van der Waals surface area contributed by atoms with E-state index in [2.05, 4.69) is 54.5 Å². The lowest BCUT2D eigenvalue weighted by atomic mass is 10.4. The van der Waals surface area contributed by atoms with E-state index in [1.165, 1.54) is 0 Å². The summed E-state index contributed by atoms with van der Waals surface area (Å²) in [5, 5.41) is 0.735. The van der Waals surface area contributed by atoms with Crippen molar-refractivity contribution in [3.05, 3.63) is 29.7 Å². The topological polar surface area (TPSA) is 0 Å². The number of hydrogen-bond donors (Lipinski definition) is 0. The molecular formula is C6H2Br2ClI. The van der Waals surface area contributed by atoms with E-state index in [1.807, 2.05) is 12.1 Å². The molecule has 0 saturated carbocycles. The molecular weight excluding hydrogens is 394 g/mol. The Morgan fingerprint density at radius 3 is 2.40 bits per heavy atom. The lowest BCUT2D eigenvalue weighted by molar-refractivity contribution is 1.55. The van der Waals surface area contributed by atoms with Crippen LogP contribution < -0.4 is 0 Å². The minimum atomic E-state index is 0.735. The van der Waals surface area contributed by atoms with Crippen LogP contribution in [0.4, 0.5) is 0 Å². The van der Waals surface area contributed by atoms with Crippen molar-refractivity contribution in [1.29, 1.82) is 0 Å². The Labute approximate surface area is 94.7 Å². The monoisotopic (exact) mass is 394 g/mol. The molecule has 0 aromatic heterocycles. The van der Waals surface area contributed by atoms with Crippen LogP contribution in [0.25, 0.3) is 0 Å². The van der Waals surface area contributed by atoms with E-state index in [0.717, 1.165) is 17.5 Å². The van der Waals surface area contributed by atoms with Gasteiger partial charge in [-0.25, -0.2) is 0 Å². The smallest absolute Gasteiger partial charge is 0.0570 e. The quantitative estimate of drug-likeness (QED) is 0.345. The number of benzene rings is 1. The summed E-state index contributed by atoms with van der Waals surface area (Å²) >= 11 is 14.7. The second-order valence-electron chi connectivity index (χ2n) is 1.68. The van der Waals surface area contributed by atoms with Crippen LogP contribution in [-0.4, -0.2) is 0 Å². The van der Waals surface area contributed by atoms with Crippen LogP contribution in [0.1, 0.15) is 0 Å². The SMILES string of the molecule is Clc1cc(Br)cc(I)c1Br. The zero-order chi connectivity index (χ0) is 7.72. The minimum absolute atomic E-state index is 0.735. The van der Waals surface area contributed by atoms with Gasteiger partial charge in [0, 0.05) is 12.5 Å². The summed E-state index contributed by atoms with van der Waals surface area (Å²) in [6, 6.07) is 3.85. The second-order valence-corrected chi connectivity index (χ2v) is 4.96. The molecule has 54 valence electrons. The molecule has 1 aromatic rings. The van der Waals surface area contributed by atoms with E-state index < -0.39 is 0 Å². The standard InChI is InChI=1S/C6H2Br2ClI/c7-3-1-4(9)6(8)5(10)2-3/h1-2H. The molecule has 1 aromatic carbocycles. The highest BCUT2D eigenvalue weighted by Gasteiger charge is 2.01. The van der Waals surface area contributed by atoms with Crippen molar-refractivity contribution in [2.75, 3.05) is 0 Å². The predicted octanol–water partition coefficient (Wildman–Crippen LogP) is 4.47. The van der Waals surface area contributed by atoms with Crippen LogP contribution in [0.15, 0.2) is 21.1 Å². The first-order valence-corrected chi connectivity index (χ1v) is 5.45. The lowest BCUT2D eigenvalue weighted by Gasteiger charge is -1.98. The van der Waals surface area contributed by atoms with Gasteiger partial charge < -0.3 is 0 Å². The van der Waals surface area contributed by atoms with Gasteiger partial charge in [0.25, 0.3) is 0 Å². The lowest BCUT2D eigenvalue weighted by Crippen LogP contribution is -1.76. The van der Waals surface area contributed by atoms with Gasteiger partial charge in [0.2, 0.25) is 0 Å². The van der Waals surface area contributed by atoms with Crippen LogP contribution in [0.5, 0.6) is 0 Å². The molecule has 0 radical (unpaired) electrons. The minimum Gasteiger partial charge on any atom is -0.0830 e. The summed E-state index contributed by atoms with van der Waals surface area (Å²) in [6.45, 7) is 0. The normalized spacial score (nSPS) is 10.0. The third-order valence-electron chi connectivity index (χ3n) is 0.949. The van der Waals surface area contributed by atoms with Crippen molar-refractivity contribution in [1.82, 2.24) is 0 Å². The molecule has 0 spiro atoms. The summed E-state index contributed by atoms with van der Waals surface area (Å²) in [4.78, 5) is 0. The Kier molecular flexibility index (Phi) is 3.47. The highest BCUT2D eigenvalue weighted by atomic mass is 127. The van der Waals surface area contributed by atoms with Crippen molar-refractivity contribution in [3.8, 4) is 0 Å². The molecule has 0 N–H and O–H groups in total. The van der Waals surface area contributed by atoms with Gasteiger partial charge in [0.15, 0.2) is 0 Å². The van der Waals surface area contributed by atoms with E-state index in [4.69, 9.17) is 11.6 Å². The highest BCUT2D eigenvalue weighted by molar-refractivity contribution is 14.1. The van der Waals surface area contributed by atoms with E-state index in [-0.39, 0.29) is 0 Å². The maximum Gasteiger partial charge on any atom is 0.0570 e. The molecule has 0 amide bonds. The summed E-state index contributed by atoms with van der Waals surface area (Å²) in [6.07, 6.45) is 0. The molecule has 0 heterocycles. The van der Waals surface area contributed by atoms with Gasteiger partial charge in [-0.15, -0.1) is 0 Å². The molecule has 0 aliphatic rings. The predicted molar refractivity (Wildman–Crippen MR) is 59.6 cm³/mol. The molecule has 0 bridgehead atoms.